The summed E-state index contributed by atoms with van der Waals surface area (Å²) in [6.45, 7) is 0.557. The molecule has 1 aliphatic heterocycles. The molecule has 1 fully saturated rings. The Bertz CT molecular complexity index is 1140. The number of rotatable bonds is 9. The smallest absolute Gasteiger partial charge is 0.387 e. The molecule has 6 atom stereocenters. The van der Waals surface area contributed by atoms with E-state index in [0.717, 1.165) is 4.57 Å². The third kappa shape index (κ3) is 7.51. The molecule has 186 valence electrons. The molecule has 7 N–H and O–H groups in total. The van der Waals surface area contributed by atoms with Gasteiger partial charge < -0.3 is 39.9 Å². The molecule has 1 aromatic heterocycles. The third-order valence-corrected chi connectivity index (χ3v) is 7.72. The highest BCUT2D eigenvalue weighted by Crippen LogP contribution is 2.66. The lowest BCUT2D eigenvalue weighted by Crippen LogP contribution is -2.37. The molecule has 0 radical (unpaired) electrons. The predicted molar refractivity (Wildman–Crippen MR) is 106 cm³/mol. The van der Waals surface area contributed by atoms with Gasteiger partial charge >= 0.3 is 29.2 Å². The van der Waals surface area contributed by atoms with Crippen molar-refractivity contribution in [2.45, 2.75) is 31.5 Å². The van der Waals surface area contributed by atoms with Crippen LogP contribution in [0.2, 0.25) is 0 Å². The lowest BCUT2D eigenvalue weighted by atomic mass is 10.1. The Morgan fingerprint density at radius 2 is 1.85 bits per heavy atom. The van der Waals surface area contributed by atoms with Crippen LogP contribution in [-0.2, 0) is 36.3 Å². The maximum Gasteiger partial charge on any atom is 0.490 e. The second-order valence-electron chi connectivity index (χ2n) is 6.25. The molecule has 20 heteroatoms. The van der Waals surface area contributed by atoms with Crippen LogP contribution in [0.15, 0.2) is 11.0 Å². The number of aliphatic hydroxyl groups is 1. The molecule has 0 aliphatic carbocycles. The normalized spacial score (nSPS) is 26.8. The van der Waals surface area contributed by atoms with Gasteiger partial charge in [0.25, 0.3) is 0 Å². The molecule has 0 spiro atoms. The zero-order valence-electron chi connectivity index (χ0n) is 16.8. The van der Waals surface area contributed by atoms with Gasteiger partial charge in [0.1, 0.15) is 24.1 Å². The van der Waals surface area contributed by atoms with Gasteiger partial charge in [-0.2, -0.15) is 13.6 Å². The van der Waals surface area contributed by atoms with Crippen LogP contribution in [0, 0.1) is 11.8 Å². The van der Waals surface area contributed by atoms with Crippen LogP contribution >= 0.6 is 23.5 Å². The van der Waals surface area contributed by atoms with Crippen molar-refractivity contribution in [3.05, 3.63) is 22.2 Å². The first-order chi connectivity index (χ1) is 15.1. The average molecular weight is 535 g/mol. The highest BCUT2D eigenvalue weighted by molar-refractivity contribution is 7.66. The lowest BCUT2D eigenvalue weighted by molar-refractivity contribution is -0.0619. The van der Waals surface area contributed by atoms with Crippen molar-refractivity contribution in [2.24, 2.45) is 0 Å². The van der Waals surface area contributed by atoms with Gasteiger partial charge in [-0.1, -0.05) is 5.92 Å². The van der Waals surface area contributed by atoms with Crippen molar-refractivity contribution in [1.29, 1.82) is 0 Å². The van der Waals surface area contributed by atoms with E-state index in [1.807, 2.05) is 0 Å². The summed E-state index contributed by atoms with van der Waals surface area (Å²) in [5, 5.41) is 10.4. The molecule has 0 amide bonds. The van der Waals surface area contributed by atoms with Crippen molar-refractivity contribution < 1.29 is 61.0 Å². The summed E-state index contributed by atoms with van der Waals surface area (Å²) in [5.74, 6) is 5.04. The number of aliphatic hydroxyl groups excluding tert-OH is 1. The fraction of sp³-hybridized carbons (Fsp3) is 0.538. The van der Waals surface area contributed by atoms with Crippen LogP contribution in [0.1, 0.15) is 18.7 Å². The second kappa shape index (κ2) is 10.4. The first-order valence-electron chi connectivity index (χ1n) is 8.55. The molecule has 0 saturated carbocycles. The Morgan fingerprint density at radius 3 is 2.39 bits per heavy atom. The quantitative estimate of drug-likeness (QED) is 0.160. The molecular weight excluding hydrogens is 515 g/mol. The highest BCUT2D eigenvalue weighted by Gasteiger charge is 2.47. The average Bonchev–Trinajstić information content (AvgIpc) is 2.95. The standard InChI is InChI=1S/C13H20N3O14P3/c1-3-4-7-5-16(13(18)15-11(7)14)12-10(26-2)9(17)8(28-12)6-27-32(22,23)30-33(24,25)29-31(19,20)21/h5,8-10,12,17H,6H2,1-2H3,(H,22,23)(H,24,25)(H2,14,15,18)(H2,19,20,21)/t8-,9+,10-,12-/m1/s1. The molecule has 0 bridgehead atoms. The van der Waals surface area contributed by atoms with Gasteiger partial charge in [-0.15, -0.1) is 5.92 Å². The Morgan fingerprint density at radius 1 is 1.21 bits per heavy atom. The van der Waals surface area contributed by atoms with E-state index < -0.39 is 60.3 Å². The Kier molecular flexibility index (Phi) is 8.78. The SMILES string of the molecule is CC#Cc1cn([C@@H]2O[C@H](COP(=O)(O)OP(=O)(O)OP(=O)(O)O)[C@H](O)[C@H]2OC)c(=O)nc1N. The Hall–Kier alpha value is -1.47. The number of hydrogen-bond acceptors (Lipinski definition) is 12. The minimum absolute atomic E-state index is 0.151. The summed E-state index contributed by atoms with van der Waals surface area (Å²) < 4.78 is 57.1. The fourth-order valence-corrected chi connectivity index (χ4v) is 5.73. The van der Waals surface area contributed by atoms with E-state index >= 15 is 0 Å². The van der Waals surface area contributed by atoms with Crippen molar-refractivity contribution in [2.75, 3.05) is 19.5 Å². The van der Waals surface area contributed by atoms with Gasteiger partial charge in [-0.05, 0) is 6.92 Å². The third-order valence-electron chi connectivity index (χ3n) is 3.92. The molecule has 33 heavy (non-hydrogen) atoms. The topological polar surface area (TPSA) is 259 Å². The molecule has 1 saturated heterocycles. The zero-order chi connectivity index (χ0) is 25.2. The summed E-state index contributed by atoms with van der Waals surface area (Å²) in [4.78, 5) is 51.6. The number of hydrogen-bond donors (Lipinski definition) is 6. The Balaban J connectivity index is 2.19. The van der Waals surface area contributed by atoms with Crippen LogP contribution in [0.25, 0.3) is 0 Å². The second-order valence-corrected chi connectivity index (χ2v) is 10.7. The van der Waals surface area contributed by atoms with Crippen LogP contribution in [0.4, 0.5) is 5.82 Å². The lowest BCUT2D eigenvalue weighted by Gasteiger charge is -2.20. The number of aromatic nitrogens is 2. The van der Waals surface area contributed by atoms with E-state index in [2.05, 4.69) is 30.0 Å². The van der Waals surface area contributed by atoms with Gasteiger partial charge in [0.05, 0.1) is 12.2 Å². The van der Waals surface area contributed by atoms with E-state index in [4.69, 9.17) is 29.9 Å². The number of nitrogen functional groups attached to an aromatic ring is 1. The van der Waals surface area contributed by atoms with E-state index in [1.54, 1.807) is 0 Å². The Labute approximate surface area is 185 Å². The number of nitrogens with zero attached hydrogens (tertiary/aromatic N) is 2. The highest BCUT2D eigenvalue weighted by atomic mass is 31.3. The van der Waals surface area contributed by atoms with Crippen LogP contribution in [-0.4, -0.2) is 66.3 Å². The number of nitrogens with two attached hydrogens (primary N) is 1. The molecule has 1 aromatic rings. The summed E-state index contributed by atoms with van der Waals surface area (Å²) in [7, 11) is -15.6. The molecule has 17 nitrogen and oxygen atoms in total. The van der Waals surface area contributed by atoms with Gasteiger partial charge in [0.2, 0.25) is 0 Å². The number of anilines is 1. The molecular formula is C13H20N3O14P3. The summed E-state index contributed by atoms with van der Waals surface area (Å²) in [6, 6.07) is 0. The summed E-state index contributed by atoms with van der Waals surface area (Å²) in [5.41, 5.74) is 4.92. The summed E-state index contributed by atoms with van der Waals surface area (Å²) in [6.07, 6.45) is -4.34. The van der Waals surface area contributed by atoms with E-state index in [9.17, 15) is 28.5 Å². The van der Waals surface area contributed by atoms with Crippen LogP contribution in [0.5, 0.6) is 0 Å². The van der Waals surface area contributed by atoms with Gasteiger partial charge in [-0.3, -0.25) is 9.09 Å². The maximum atomic E-state index is 12.3. The largest absolute Gasteiger partial charge is 0.490 e. The van der Waals surface area contributed by atoms with E-state index in [-0.39, 0.29) is 11.4 Å². The molecule has 2 unspecified atom stereocenters. The summed E-state index contributed by atoms with van der Waals surface area (Å²) >= 11 is 0. The molecule has 1 aliphatic rings. The van der Waals surface area contributed by atoms with Crippen molar-refractivity contribution in [3.8, 4) is 11.8 Å². The van der Waals surface area contributed by atoms with E-state index in [0.29, 0.717) is 0 Å². The van der Waals surface area contributed by atoms with Crippen LogP contribution < -0.4 is 11.4 Å². The number of phosphoric acid groups is 3. The number of phosphoric ester groups is 1. The predicted octanol–water partition coefficient (Wildman–Crippen LogP) is -1.19. The maximum absolute atomic E-state index is 12.3. The van der Waals surface area contributed by atoms with Gasteiger partial charge in [-0.25, -0.2) is 18.5 Å². The minimum Gasteiger partial charge on any atom is -0.387 e. The van der Waals surface area contributed by atoms with Crippen LogP contribution in [0.3, 0.4) is 0 Å². The first kappa shape index (κ1) is 27.8. The molecule has 2 rings (SSSR count). The molecule has 2 heterocycles. The first-order valence-corrected chi connectivity index (χ1v) is 13.1. The van der Waals surface area contributed by atoms with E-state index in [1.165, 1.54) is 20.2 Å². The number of methoxy groups -OCH3 is 1. The van der Waals surface area contributed by atoms with Crippen molar-refractivity contribution >= 4 is 29.3 Å². The fourth-order valence-electron chi connectivity index (χ4n) is 2.70. The zero-order valence-corrected chi connectivity index (χ0v) is 19.5. The van der Waals surface area contributed by atoms with Crippen molar-refractivity contribution in [3.63, 3.8) is 0 Å². The van der Waals surface area contributed by atoms with Gasteiger partial charge in [0.15, 0.2) is 6.23 Å². The monoisotopic (exact) mass is 535 g/mol. The minimum atomic E-state index is -5.72. The van der Waals surface area contributed by atoms with Crippen molar-refractivity contribution in [1.82, 2.24) is 9.55 Å². The number of ether oxygens (including phenoxy) is 2. The van der Waals surface area contributed by atoms with Gasteiger partial charge in [0, 0.05) is 13.3 Å². The molecule has 0 aromatic carbocycles.